The topological polar surface area (TPSA) is 9.23 Å². The first-order valence-corrected chi connectivity index (χ1v) is 3.79. The lowest BCUT2D eigenvalue weighted by atomic mass is 10.2. The third kappa shape index (κ3) is 1.71. The average Bonchev–Trinajstić information content (AvgIpc) is 2.05. The fourth-order valence-electron chi connectivity index (χ4n) is 0.804. The molecule has 0 fully saturated rings. The van der Waals surface area contributed by atoms with Crippen LogP contribution in [0.2, 0.25) is 0 Å². The van der Waals surface area contributed by atoms with E-state index in [2.05, 4.69) is 28.5 Å². The van der Waals surface area contributed by atoms with Crippen LogP contribution in [-0.2, 0) is 6.42 Å². The summed E-state index contributed by atoms with van der Waals surface area (Å²) in [5.74, 6) is 0.891. The third-order valence-corrected chi connectivity index (χ3v) is 1.74. The van der Waals surface area contributed by atoms with Gasteiger partial charge in [-0.25, -0.2) is 0 Å². The molecule has 0 radical (unpaired) electrons. The summed E-state index contributed by atoms with van der Waals surface area (Å²) in [6.45, 7) is 2.14. The van der Waals surface area contributed by atoms with Gasteiger partial charge < -0.3 is 4.52 Å². The highest BCUT2D eigenvalue weighted by atomic mass is 31.0. The molecular formula is C8H11OP. The molecule has 0 bridgehead atoms. The van der Waals surface area contributed by atoms with Gasteiger partial charge in [0.05, 0.1) is 9.47 Å². The maximum atomic E-state index is 4.93. The van der Waals surface area contributed by atoms with Gasteiger partial charge in [0, 0.05) is 0 Å². The molecule has 0 saturated heterocycles. The lowest BCUT2D eigenvalue weighted by Gasteiger charge is -1.98. The van der Waals surface area contributed by atoms with Gasteiger partial charge >= 0.3 is 0 Å². The van der Waals surface area contributed by atoms with E-state index >= 15 is 0 Å². The minimum Gasteiger partial charge on any atom is -0.480 e. The van der Waals surface area contributed by atoms with Crippen LogP contribution in [0.1, 0.15) is 12.5 Å². The summed E-state index contributed by atoms with van der Waals surface area (Å²) in [5, 5.41) is 0. The van der Waals surface area contributed by atoms with E-state index in [1.165, 1.54) is 5.56 Å². The normalized spacial score (nSPS) is 9.40. The maximum Gasteiger partial charge on any atom is 0.122 e. The number of benzene rings is 1. The van der Waals surface area contributed by atoms with Crippen molar-refractivity contribution >= 4 is 9.47 Å². The smallest absolute Gasteiger partial charge is 0.122 e. The molecular weight excluding hydrogens is 143 g/mol. The summed E-state index contributed by atoms with van der Waals surface area (Å²) in [6, 6.07) is 8.07. The van der Waals surface area contributed by atoms with Crippen molar-refractivity contribution in [1.82, 2.24) is 0 Å². The SMILES string of the molecule is CCc1ccc(OP)cc1. The van der Waals surface area contributed by atoms with Crippen LogP contribution in [-0.4, -0.2) is 0 Å². The molecule has 0 aromatic heterocycles. The molecule has 1 aromatic rings. The van der Waals surface area contributed by atoms with Crippen LogP contribution in [0.15, 0.2) is 24.3 Å². The zero-order chi connectivity index (χ0) is 7.40. The van der Waals surface area contributed by atoms with Crippen molar-refractivity contribution in [1.29, 1.82) is 0 Å². The summed E-state index contributed by atoms with van der Waals surface area (Å²) < 4.78 is 4.93. The van der Waals surface area contributed by atoms with Gasteiger partial charge in [-0.05, 0) is 24.1 Å². The second-order valence-corrected chi connectivity index (χ2v) is 2.35. The van der Waals surface area contributed by atoms with Crippen molar-refractivity contribution in [2.24, 2.45) is 0 Å². The predicted molar refractivity (Wildman–Crippen MR) is 46.2 cm³/mol. The van der Waals surface area contributed by atoms with Crippen molar-refractivity contribution in [2.75, 3.05) is 0 Å². The van der Waals surface area contributed by atoms with E-state index in [-0.39, 0.29) is 0 Å². The van der Waals surface area contributed by atoms with Gasteiger partial charge in [-0.2, -0.15) is 0 Å². The van der Waals surface area contributed by atoms with Crippen molar-refractivity contribution in [3.05, 3.63) is 29.8 Å². The minimum atomic E-state index is 0.891. The van der Waals surface area contributed by atoms with Crippen LogP contribution < -0.4 is 4.52 Å². The van der Waals surface area contributed by atoms with Gasteiger partial charge in [-0.15, -0.1) is 0 Å². The van der Waals surface area contributed by atoms with E-state index in [0.717, 1.165) is 12.2 Å². The zero-order valence-electron chi connectivity index (χ0n) is 6.00. The first-order chi connectivity index (χ1) is 4.86. The summed E-state index contributed by atoms with van der Waals surface area (Å²) in [6.07, 6.45) is 1.08. The Hall–Kier alpha value is -0.550. The maximum absolute atomic E-state index is 4.93. The van der Waals surface area contributed by atoms with Crippen LogP contribution in [0.4, 0.5) is 0 Å². The standard InChI is InChI=1S/C8H11OP/c1-2-7-3-5-8(9-10)6-4-7/h3-6H,2,10H2,1H3. The highest BCUT2D eigenvalue weighted by Crippen LogP contribution is 2.13. The molecule has 0 saturated carbocycles. The largest absolute Gasteiger partial charge is 0.480 e. The van der Waals surface area contributed by atoms with Crippen LogP contribution in [0.25, 0.3) is 0 Å². The van der Waals surface area contributed by atoms with E-state index in [1.807, 2.05) is 12.1 Å². The van der Waals surface area contributed by atoms with Crippen LogP contribution in [0.3, 0.4) is 0 Å². The molecule has 1 nitrogen and oxygen atoms in total. The number of hydrogen-bond donors (Lipinski definition) is 0. The van der Waals surface area contributed by atoms with Crippen molar-refractivity contribution < 1.29 is 4.52 Å². The van der Waals surface area contributed by atoms with Gasteiger partial charge in [0.15, 0.2) is 0 Å². The van der Waals surface area contributed by atoms with Crippen molar-refractivity contribution in [3.8, 4) is 5.75 Å². The van der Waals surface area contributed by atoms with Gasteiger partial charge in [0.2, 0.25) is 0 Å². The molecule has 1 rings (SSSR count). The van der Waals surface area contributed by atoms with E-state index in [1.54, 1.807) is 0 Å². The number of rotatable bonds is 2. The Labute approximate surface area is 63.7 Å². The molecule has 2 heteroatoms. The molecule has 0 aliphatic carbocycles. The summed E-state index contributed by atoms with van der Waals surface area (Å²) >= 11 is 0. The lowest BCUT2D eigenvalue weighted by molar-refractivity contribution is 0.645. The Balaban J connectivity index is 2.80. The summed E-state index contributed by atoms with van der Waals surface area (Å²) in [5.41, 5.74) is 1.34. The van der Waals surface area contributed by atoms with Gasteiger partial charge in [0.1, 0.15) is 5.75 Å². The Morgan fingerprint density at radius 2 is 1.90 bits per heavy atom. The Morgan fingerprint density at radius 3 is 2.30 bits per heavy atom. The van der Waals surface area contributed by atoms with Crippen LogP contribution >= 0.6 is 9.47 Å². The summed E-state index contributed by atoms with van der Waals surface area (Å²) in [4.78, 5) is 0. The van der Waals surface area contributed by atoms with E-state index < -0.39 is 0 Å². The molecule has 0 spiro atoms. The number of hydrogen-bond acceptors (Lipinski definition) is 1. The predicted octanol–water partition coefficient (Wildman–Crippen LogP) is 2.42. The molecule has 1 unspecified atom stereocenters. The average molecular weight is 154 g/mol. The van der Waals surface area contributed by atoms with E-state index in [0.29, 0.717) is 0 Å². The third-order valence-electron chi connectivity index (χ3n) is 1.47. The van der Waals surface area contributed by atoms with Crippen LogP contribution in [0, 0.1) is 0 Å². The lowest BCUT2D eigenvalue weighted by Crippen LogP contribution is -1.78. The summed E-state index contributed by atoms with van der Waals surface area (Å²) in [7, 11) is 2.22. The fraction of sp³-hybridized carbons (Fsp3) is 0.250. The molecule has 1 aromatic carbocycles. The monoisotopic (exact) mass is 154 g/mol. The molecule has 54 valence electrons. The Morgan fingerprint density at radius 1 is 1.30 bits per heavy atom. The van der Waals surface area contributed by atoms with Gasteiger partial charge in [-0.1, -0.05) is 19.1 Å². The molecule has 0 aliphatic rings. The van der Waals surface area contributed by atoms with E-state index in [4.69, 9.17) is 4.52 Å². The molecule has 0 heterocycles. The first-order valence-electron chi connectivity index (χ1n) is 3.32. The second kappa shape index (κ2) is 3.58. The Kier molecular flexibility index (Phi) is 2.70. The first kappa shape index (κ1) is 7.56. The molecule has 1 atom stereocenters. The van der Waals surface area contributed by atoms with Crippen molar-refractivity contribution in [2.45, 2.75) is 13.3 Å². The van der Waals surface area contributed by atoms with E-state index in [9.17, 15) is 0 Å². The fourth-order valence-corrected chi connectivity index (χ4v) is 0.961. The zero-order valence-corrected chi connectivity index (χ0v) is 7.16. The van der Waals surface area contributed by atoms with Gasteiger partial charge in [-0.3, -0.25) is 0 Å². The second-order valence-electron chi connectivity index (χ2n) is 2.12. The number of aryl methyl sites for hydroxylation is 1. The molecule has 0 aliphatic heterocycles. The van der Waals surface area contributed by atoms with Crippen molar-refractivity contribution in [3.63, 3.8) is 0 Å². The quantitative estimate of drug-likeness (QED) is 0.594. The molecule has 0 amide bonds. The highest BCUT2D eigenvalue weighted by Gasteiger charge is 1.89. The van der Waals surface area contributed by atoms with Gasteiger partial charge in [0.25, 0.3) is 0 Å². The highest BCUT2D eigenvalue weighted by molar-refractivity contribution is 7.10. The minimum absolute atomic E-state index is 0.891. The molecule has 0 N–H and O–H groups in total. The molecule has 10 heavy (non-hydrogen) atoms. The van der Waals surface area contributed by atoms with Crippen LogP contribution in [0.5, 0.6) is 5.75 Å². The Bertz CT molecular complexity index is 170.